The second kappa shape index (κ2) is 6.92. The van der Waals surface area contributed by atoms with Crippen LogP contribution in [-0.2, 0) is 4.79 Å². The van der Waals surface area contributed by atoms with E-state index in [1.807, 2.05) is 52.0 Å². The van der Waals surface area contributed by atoms with Crippen molar-refractivity contribution in [1.29, 1.82) is 0 Å². The minimum absolute atomic E-state index is 0. The second-order valence-corrected chi connectivity index (χ2v) is 5.82. The van der Waals surface area contributed by atoms with E-state index in [0.29, 0.717) is 0 Å². The van der Waals surface area contributed by atoms with Gasteiger partial charge in [-0.15, -0.1) is 12.4 Å². The van der Waals surface area contributed by atoms with E-state index in [-0.39, 0.29) is 23.9 Å². The van der Waals surface area contributed by atoms with Crippen LogP contribution >= 0.6 is 12.4 Å². The summed E-state index contributed by atoms with van der Waals surface area (Å²) in [6, 6.07) is 7.66. The first kappa shape index (κ1) is 17.9. The Kier molecular flexibility index (Phi) is 6.53. The molecule has 3 nitrogen and oxygen atoms in total. The van der Waals surface area contributed by atoms with E-state index < -0.39 is 11.9 Å². The van der Waals surface area contributed by atoms with Crippen molar-refractivity contribution in [2.75, 3.05) is 0 Å². The third kappa shape index (κ3) is 4.51. The first-order valence-corrected chi connectivity index (χ1v) is 6.35. The Labute approximate surface area is 121 Å². The average Bonchev–Trinajstić information content (AvgIpc) is 2.26. The fourth-order valence-corrected chi connectivity index (χ4v) is 2.18. The van der Waals surface area contributed by atoms with Crippen LogP contribution in [0.1, 0.15) is 57.2 Å². The first-order chi connectivity index (χ1) is 8.27. The number of hydrogen-bond donors (Lipinski definition) is 2. The summed E-state index contributed by atoms with van der Waals surface area (Å²) in [6.07, 6.45) is 0.876. The molecule has 3 N–H and O–H groups in total. The van der Waals surface area contributed by atoms with E-state index in [4.69, 9.17) is 5.73 Å². The topological polar surface area (TPSA) is 63.3 Å². The van der Waals surface area contributed by atoms with Crippen molar-refractivity contribution < 1.29 is 9.90 Å². The van der Waals surface area contributed by atoms with Gasteiger partial charge in [-0.2, -0.15) is 0 Å². The Morgan fingerprint density at radius 3 is 1.95 bits per heavy atom. The molecular formula is C15H24ClNO2. The summed E-state index contributed by atoms with van der Waals surface area (Å²) in [6.45, 7) is 7.86. The van der Waals surface area contributed by atoms with Crippen LogP contribution in [0.5, 0.6) is 0 Å². The van der Waals surface area contributed by atoms with Crippen molar-refractivity contribution in [3.05, 3.63) is 35.4 Å². The lowest BCUT2D eigenvalue weighted by Crippen LogP contribution is -2.26. The largest absolute Gasteiger partial charge is 0.481 e. The van der Waals surface area contributed by atoms with Crippen molar-refractivity contribution in [2.45, 2.75) is 46.1 Å². The summed E-state index contributed by atoms with van der Waals surface area (Å²) in [5.41, 5.74) is 7.53. The monoisotopic (exact) mass is 285 g/mol. The highest BCUT2D eigenvalue weighted by molar-refractivity contribution is 5.85. The van der Waals surface area contributed by atoms with Crippen molar-refractivity contribution in [1.82, 2.24) is 0 Å². The summed E-state index contributed by atoms with van der Waals surface area (Å²) in [7, 11) is 0. The molecule has 2 atom stereocenters. The lowest BCUT2D eigenvalue weighted by atomic mass is 9.76. The lowest BCUT2D eigenvalue weighted by Gasteiger charge is -2.27. The SMILES string of the molecule is CCC(N)c1ccc(C(C(=O)O)C(C)(C)C)cc1.Cl. The molecular weight excluding hydrogens is 262 g/mol. The van der Waals surface area contributed by atoms with Crippen molar-refractivity contribution >= 4 is 18.4 Å². The Balaban J connectivity index is 0.00000324. The quantitative estimate of drug-likeness (QED) is 0.886. The highest BCUT2D eigenvalue weighted by Crippen LogP contribution is 2.35. The minimum Gasteiger partial charge on any atom is -0.481 e. The maximum Gasteiger partial charge on any atom is 0.311 e. The van der Waals surface area contributed by atoms with E-state index in [2.05, 4.69) is 0 Å². The molecule has 0 amide bonds. The van der Waals surface area contributed by atoms with E-state index >= 15 is 0 Å². The number of aliphatic carboxylic acids is 1. The maximum absolute atomic E-state index is 11.4. The summed E-state index contributed by atoms with van der Waals surface area (Å²) in [4.78, 5) is 11.4. The fraction of sp³-hybridized carbons (Fsp3) is 0.533. The van der Waals surface area contributed by atoms with E-state index in [1.165, 1.54) is 0 Å². The van der Waals surface area contributed by atoms with Crippen LogP contribution in [0.25, 0.3) is 0 Å². The van der Waals surface area contributed by atoms with Crippen molar-refractivity contribution in [2.24, 2.45) is 11.1 Å². The zero-order chi connectivity index (χ0) is 13.9. The Morgan fingerprint density at radius 2 is 1.63 bits per heavy atom. The Hall–Kier alpha value is -1.06. The average molecular weight is 286 g/mol. The molecule has 0 aliphatic carbocycles. The molecule has 0 aromatic heterocycles. The molecule has 0 spiro atoms. The summed E-state index contributed by atoms with van der Waals surface area (Å²) in [5, 5.41) is 9.36. The van der Waals surface area contributed by atoms with Gasteiger partial charge in [0.25, 0.3) is 0 Å². The molecule has 0 heterocycles. The number of halogens is 1. The van der Waals surface area contributed by atoms with Gasteiger partial charge < -0.3 is 10.8 Å². The Bertz CT molecular complexity index is 409. The van der Waals surface area contributed by atoms with Gasteiger partial charge >= 0.3 is 5.97 Å². The molecule has 0 saturated carbocycles. The zero-order valence-corrected chi connectivity index (χ0v) is 12.8. The summed E-state index contributed by atoms with van der Waals surface area (Å²) >= 11 is 0. The highest BCUT2D eigenvalue weighted by atomic mass is 35.5. The van der Waals surface area contributed by atoms with Crippen LogP contribution in [0.2, 0.25) is 0 Å². The highest BCUT2D eigenvalue weighted by Gasteiger charge is 2.32. The van der Waals surface area contributed by atoms with E-state index in [1.54, 1.807) is 0 Å². The van der Waals surface area contributed by atoms with Crippen LogP contribution < -0.4 is 5.73 Å². The summed E-state index contributed by atoms with van der Waals surface area (Å²) < 4.78 is 0. The predicted molar refractivity (Wildman–Crippen MR) is 80.7 cm³/mol. The standard InChI is InChI=1S/C15H23NO2.ClH/c1-5-12(16)10-6-8-11(9-7-10)13(14(17)18)15(2,3)4;/h6-9,12-13H,5,16H2,1-4H3,(H,17,18);1H. The smallest absolute Gasteiger partial charge is 0.311 e. The molecule has 1 aromatic carbocycles. The molecule has 0 fully saturated rings. The Morgan fingerprint density at radius 1 is 1.21 bits per heavy atom. The third-order valence-corrected chi connectivity index (χ3v) is 3.25. The maximum atomic E-state index is 11.4. The normalized spacial score (nSPS) is 14.4. The van der Waals surface area contributed by atoms with Gasteiger partial charge in [-0.1, -0.05) is 52.0 Å². The molecule has 0 aliphatic heterocycles. The lowest BCUT2D eigenvalue weighted by molar-refractivity contribution is -0.141. The molecule has 0 saturated heterocycles. The number of carboxylic acids is 1. The molecule has 19 heavy (non-hydrogen) atoms. The van der Waals surface area contributed by atoms with Gasteiger partial charge in [0.1, 0.15) is 0 Å². The third-order valence-electron chi connectivity index (χ3n) is 3.25. The van der Waals surface area contributed by atoms with Gasteiger partial charge in [-0.25, -0.2) is 0 Å². The minimum atomic E-state index is -0.782. The molecule has 2 unspecified atom stereocenters. The number of hydrogen-bond acceptors (Lipinski definition) is 2. The molecule has 1 aromatic rings. The predicted octanol–water partition coefficient (Wildman–Crippen LogP) is 3.73. The van der Waals surface area contributed by atoms with Gasteiger partial charge in [0, 0.05) is 6.04 Å². The molecule has 0 radical (unpaired) electrons. The fourth-order valence-electron chi connectivity index (χ4n) is 2.18. The van der Waals surface area contributed by atoms with E-state index in [0.717, 1.165) is 17.5 Å². The van der Waals surface area contributed by atoms with Crippen LogP contribution in [0.4, 0.5) is 0 Å². The van der Waals surface area contributed by atoms with Crippen molar-refractivity contribution in [3.8, 4) is 0 Å². The number of benzene rings is 1. The second-order valence-electron chi connectivity index (χ2n) is 5.82. The van der Waals surface area contributed by atoms with Gasteiger partial charge in [0.2, 0.25) is 0 Å². The number of carbonyl (C=O) groups is 1. The zero-order valence-electron chi connectivity index (χ0n) is 12.0. The number of rotatable bonds is 4. The molecule has 0 aliphatic rings. The van der Waals surface area contributed by atoms with E-state index in [9.17, 15) is 9.90 Å². The van der Waals surface area contributed by atoms with Gasteiger partial charge in [-0.05, 0) is 23.0 Å². The van der Waals surface area contributed by atoms with Gasteiger partial charge in [-0.3, -0.25) is 4.79 Å². The number of carboxylic acid groups (broad SMARTS) is 1. The molecule has 4 heteroatoms. The molecule has 108 valence electrons. The van der Waals surface area contributed by atoms with Gasteiger partial charge in [0.05, 0.1) is 5.92 Å². The van der Waals surface area contributed by atoms with Crippen LogP contribution in [0, 0.1) is 5.41 Å². The van der Waals surface area contributed by atoms with Crippen LogP contribution in [0.3, 0.4) is 0 Å². The molecule has 0 bridgehead atoms. The number of nitrogens with two attached hydrogens (primary N) is 1. The van der Waals surface area contributed by atoms with Crippen LogP contribution in [0.15, 0.2) is 24.3 Å². The van der Waals surface area contributed by atoms with Gasteiger partial charge in [0.15, 0.2) is 0 Å². The first-order valence-electron chi connectivity index (χ1n) is 6.35. The summed E-state index contributed by atoms with van der Waals surface area (Å²) in [5.74, 6) is -1.28. The molecule has 1 rings (SSSR count). The van der Waals surface area contributed by atoms with Crippen molar-refractivity contribution in [3.63, 3.8) is 0 Å². The van der Waals surface area contributed by atoms with Crippen LogP contribution in [-0.4, -0.2) is 11.1 Å².